The minimum atomic E-state index is -3.14. The molecule has 3 aliphatic heterocycles. The summed E-state index contributed by atoms with van der Waals surface area (Å²) in [6.07, 6.45) is -25.0. The van der Waals surface area contributed by atoms with Crippen molar-refractivity contribution in [2.75, 3.05) is 26.9 Å². The topological polar surface area (TPSA) is 336 Å². The first-order chi connectivity index (χ1) is 22.0. The fourth-order valence-corrected chi connectivity index (χ4v) is 5.74. The van der Waals surface area contributed by atoms with E-state index < -0.39 is 142 Å². The normalized spacial score (nSPS) is 42.3. The van der Waals surface area contributed by atoms with Crippen LogP contribution < -0.4 is 15.7 Å². The summed E-state index contributed by atoms with van der Waals surface area (Å²) in [4.78, 5) is 36.3. The molecule has 0 radical (unpaired) electrons. The standard InChI is InChI=1S/C26H44N2O19/c1-8(32)27-14-10(34)4-26(25(40)41,46-21(14)16(36)11(35)5-29)47-22-18(38)13(7-31)44-24(19(22)39)45-20-15(28-9(2)33)23(42-3)43-12(6-30)17(20)37/h10-24,29-31,34-39H,4-7H2,1-3H3,(H,27,32)(H,28,33)(H,40,41)/p-1/t10-,11+,12+,13+,14+,15+,16+,17+,18-,19+,20+,21+,22-,23+,24-,26-/m0/s1. The van der Waals surface area contributed by atoms with Crippen molar-refractivity contribution >= 4 is 17.8 Å². The van der Waals surface area contributed by atoms with Gasteiger partial charge in [0.05, 0.1) is 32.0 Å². The molecule has 2 amide bonds. The molecule has 0 aromatic carbocycles. The average Bonchev–Trinajstić information content (AvgIpc) is 3.02. The van der Waals surface area contributed by atoms with E-state index in [1.165, 1.54) is 7.11 Å². The molecule has 47 heavy (non-hydrogen) atoms. The molecule has 16 atom stereocenters. The first-order valence-electron chi connectivity index (χ1n) is 14.6. The molecule has 0 unspecified atom stereocenters. The van der Waals surface area contributed by atoms with Crippen LogP contribution in [0.1, 0.15) is 20.3 Å². The predicted molar refractivity (Wildman–Crippen MR) is 144 cm³/mol. The van der Waals surface area contributed by atoms with Crippen molar-refractivity contribution in [2.24, 2.45) is 0 Å². The largest absolute Gasteiger partial charge is 0.544 e. The zero-order valence-corrected chi connectivity index (χ0v) is 25.6. The number of methoxy groups -OCH3 is 1. The Balaban J connectivity index is 1.99. The van der Waals surface area contributed by atoms with Gasteiger partial charge in [-0.25, -0.2) is 0 Å². The molecule has 0 bridgehead atoms. The Morgan fingerprint density at radius 3 is 1.89 bits per heavy atom. The smallest absolute Gasteiger partial charge is 0.217 e. The lowest BCUT2D eigenvalue weighted by Gasteiger charge is -2.52. The molecular formula is C26H43N2O19-. The number of carbonyl (C=O) groups is 3. The molecule has 3 aliphatic rings. The van der Waals surface area contributed by atoms with E-state index in [4.69, 9.17) is 28.4 Å². The van der Waals surface area contributed by atoms with Crippen LogP contribution in [0.3, 0.4) is 0 Å². The highest BCUT2D eigenvalue weighted by molar-refractivity contribution is 5.75. The average molecular weight is 688 g/mol. The molecule has 0 aromatic heterocycles. The summed E-state index contributed by atoms with van der Waals surface area (Å²) in [6.45, 7) is -0.633. The highest BCUT2D eigenvalue weighted by atomic mass is 16.8. The fraction of sp³-hybridized carbons (Fsp3) is 0.885. The maximum atomic E-state index is 12.6. The van der Waals surface area contributed by atoms with E-state index in [9.17, 15) is 65.4 Å². The number of rotatable bonds is 13. The molecule has 3 fully saturated rings. The molecule has 3 saturated heterocycles. The van der Waals surface area contributed by atoms with E-state index in [2.05, 4.69) is 10.6 Å². The molecule has 3 heterocycles. The summed E-state index contributed by atoms with van der Waals surface area (Å²) >= 11 is 0. The highest BCUT2D eigenvalue weighted by Crippen LogP contribution is 2.38. The lowest BCUT2D eigenvalue weighted by Crippen LogP contribution is -2.72. The van der Waals surface area contributed by atoms with Gasteiger partial charge in [0, 0.05) is 27.4 Å². The van der Waals surface area contributed by atoms with Crippen LogP contribution in [0.4, 0.5) is 0 Å². The van der Waals surface area contributed by atoms with Crippen LogP contribution in [0.15, 0.2) is 0 Å². The summed E-state index contributed by atoms with van der Waals surface area (Å²) in [6, 6.07) is -2.87. The van der Waals surface area contributed by atoms with E-state index in [-0.39, 0.29) is 0 Å². The summed E-state index contributed by atoms with van der Waals surface area (Å²) in [7, 11) is 1.19. The van der Waals surface area contributed by atoms with Crippen molar-refractivity contribution in [3.05, 3.63) is 0 Å². The highest BCUT2D eigenvalue weighted by Gasteiger charge is 2.58. The maximum absolute atomic E-state index is 12.6. The number of carbonyl (C=O) groups excluding carboxylic acids is 3. The number of amides is 2. The number of carboxylic acids is 1. The van der Waals surface area contributed by atoms with Gasteiger partial charge in [-0.3, -0.25) is 9.59 Å². The molecule has 21 heteroatoms. The SMILES string of the molecule is CO[C@@H]1O[C@H](CO)[C@@H](O)[C@H](O[C@@H]2O[C@H](CO)[C@H](O)[C@H](O[C@]3(C(=O)[O-])C[C@H](O)[C@@H](NC(C)=O)[C@H]([C@H](O)[C@H](O)CO)O3)[C@H]2O)[C@H]1NC(C)=O. The fourth-order valence-electron chi connectivity index (χ4n) is 5.74. The zero-order valence-electron chi connectivity index (χ0n) is 25.6. The van der Waals surface area contributed by atoms with Crippen molar-refractivity contribution in [1.82, 2.24) is 10.6 Å². The summed E-state index contributed by atoms with van der Waals surface area (Å²) < 4.78 is 33.0. The Morgan fingerprint density at radius 1 is 0.872 bits per heavy atom. The van der Waals surface area contributed by atoms with Gasteiger partial charge >= 0.3 is 0 Å². The first kappa shape index (κ1) is 39.3. The van der Waals surface area contributed by atoms with Crippen LogP contribution in [-0.4, -0.2) is 188 Å². The van der Waals surface area contributed by atoms with Gasteiger partial charge in [0.15, 0.2) is 12.6 Å². The molecule has 0 spiro atoms. The van der Waals surface area contributed by atoms with Crippen molar-refractivity contribution in [3.63, 3.8) is 0 Å². The lowest BCUT2D eigenvalue weighted by molar-refractivity contribution is -0.410. The van der Waals surface area contributed by atoms with Gasteiger partial charge in [0.25, 0.3) is 0 Å². The number of aliphatic hydroxyl groups is 9. The summed E-state index contributed by atoms with van der Waals surface area (Å²) in [5, 5.41) is 111. The van der Waals surface area contributed by atoms with Crippen LogP contribution in [0, 0.1) is 0 Å². The van der Waals surface area contributed by atoms with Crippen LogP contribution in [0.25, 0.3) is 0 Å². The predicted octanol–water partition coefficient (Wildman–Crippen LogP) is -8.76. The second-order valence-corrected chi connectivity index (χ2v) is 11.4. The van der Waals surface area contributed by atoms with Gasteiger partial charge in [-0.15, -0.1) is 0 Å². The molecule has 0 aliphatic carbocycles. The quantitative estimate of drug-likeness (QED) is 0.0856. The zero-order chi connectivity index (χ0) is 35.4. The van der Waals surface area contributed by atoms with Crippen LogP contribution in [0.2, 0.25) is 0 Å². The molecule has 3 rings (SSSR count). The third-order valence-electron chi connectivity index (χ3n) is 8.07. The van der Waals surface area contributed by atoms with Crippen LogP contribution in [0.5, 0.6) is 0 Å². The Labute approximate surface area is 267 Å². The monoisotopic (exact) mass is 687 g/mol. The van der Waals surface area contributed by atoms with Crippen LogP contribution >= 0.6 is 0 Å². The number of nitrogens with one attached hydrogen (secondary N) is 2. The summed E-state index contributed by atoms with van der Waals surface area (Å²) in [5.74, 6) is -6.74. The Bertz CT molecular complexity index is 1070. The van der Waals surface area contributed by atoms with Crippen molar-refractivity contribution in [3.8, 4) is 0 Å². The second kappa shape index (κ2) is 16.5. The van der Waals surface area contributed by atoms with Gasteiger partial charge in [0.2, 0.25) is 17.6 Å². The van der Waals surface area contributed by atoms with Crippen molar-refractivity contribution in [1.29, 1.82) is 0 Å². The van der Waals surface area contributed by atoms with E-state index in [0.717, 1.165) is 13.8 Å². The third-order valence-corrected chi connectivity index (χ3v) is 8.07. The Kier molecular flexibility index (Phi) is 13.8. The number of carboxylic acid groups (broad SMARTS) is 1. The molecule has 272 valence electrons. The summed E-state index contributed by atoms with van der Waals surface area (Å²) in [5.41, 5.74) is 0. The minimum Gasteiger partial charge on any atom is -0.544 e. The van der Waals surface area contributed by atoms with Crippen molar-refractivity contribution in [2.45, 2.75) is 118 Å². The van der Waals surface area contributed by atoms with Gasteiger partial charge in [-0.2, -0.15) is 0 Å². The number of hydrogen-bond acceptors (Lipinski definition) is 19. The molecule has 0 aromatic rings. The minimum absolute atomic E-state index is 0.636. The number of ether oxygens (including phenoxy) is 6. The Morgan fingerprint density at radius 2 is 1.40 bits per heavy atom. The molecule has 21 nitrogen and oxygen atoms in total. The van der Waals surface area contributed by atoms with E-state index >= 15 is 0 Å². The van der Waals surface area contributed by atoms with Crippen LogP contribution in [-0.2, 0) is 42.8 Å². The van der Waals surface area contributed by atoms with Gasteiger partial charge in [-0.1, -0.05) is 0 Å². The van der Waals surface area contributed by atoms with Gasteiger partial charge in [-0.05, 0) is 0 Å². The molecule has 11 N–H and O–H groups in total. The Hall–Kier alpha value is -2.19. The van der Waals surface area contributed by atoms with E-state index in [1.54, 1.807) is 0 Å². The van der Waals surface area contributed by atoms with Gasteiger partial charge < -0.3 is 94.9 Å². The van der Waals surface area contributed by atoms with Gasteiger partial charge in [0.1, 0.15) is 73.1 Å². The van der Waals surface area contributed by atoms with Crippen molar-refractivity contribution < 1.29 is 93.9 Å². The number of aliphatic hydroxyl groups excluding tert-OH is 9. The number of hydrogen-bond donors (Lipinski definition) is 11. The first-order valence-corrected chi connectivity index (χ1v) is 14.6. The number of aliphatic carboxylic acids is 1. The van der Waals surface area contributed by atoms with E-state index in [0.29, 0.717) is 0 Å². The third kappa shape index (κ3) is 8.52. The van der Waals surface area contributed by atoms with E-state index in [1.807, 2.05) is 0 Å². The molecular weight excluding hydrogens is 644 g/mol. The lowest BCUT2D eigenvalue weighted by atomic mass is 9.88. The maximum Gasteiger partial charge on any atom is 0.217 e. The second-order valence-electron chi connectivity index (χ2n) is 11.4. The molecule has 0 saturated carbocycles.